The minimum atomic E-state index is -3.35. The second-order valence-electron chi connectivity index (χ2n) is 4.47. The van der Waals surface area contributed by atoms with Gasteiger partial charge >= 0.3 is 0 Å². The number of nitrogens with one attached hydrogen (secondary N) is 2. The summed E-state index contributed by atoms with van der Waals surface area (Å²) < 4.78 is 31.9. The van der Waals surface area contributed by atoms with Crippen LogP contribution in [0.15, 0.2) is 54.6 Å². The summed E-state index contributed by atoms with van der Waals surface area (Å²) in [6.07, 6.45) is 0. The molecule has 2 aromatic rings. The molecule has 0 aliphatic carbocycles. The van der Waals surface area contributed by atoms with Crippen LogP contribution in [-0.2, 0) is 10.0 Å². The topological polar surface area (TPSA) is 67.4 Å². The first-order valence-electron chi connectivity index (χ1n) is 6.57. The van der Waals surface area contributed by atoms with E-state index in [9.17, 15) is 8.42 Å². The van der Waals surface area contributed by atoms with E-state index >= 15 is 0 Å². The van der Waals surface area contributed by atoms with Gasteiger partial charge in [0.25, 0.3) is 0 Å². The highest BCUT2D eigenvalue weighted by Crippen LogP contribution is 2.24. The molecule has 0 radical (unpaired) electrons. The van der Waals surface area contributed by atoms with E-state index < -0.39 is 10.0 Å². The maximum Gasteiger partial charge on any atom is 0.233 e. The Morgan fingerprint density at radius 1 is 1.00 bits per heavy atom. The molecule has 0 saturated heterocycles. The molecule has 0 aromatic heterocycles. The van der Waals surface area contributed by atoms with Crippen LogP contribution in [0.2, 0.25) is 0 Å². The van der Waals surface area contributed by atoms with E-state index in [0.717, 1.165) is 0 Å². The van der Waals surface area contributed by atoms with Gasteiger partial charge in [-0.15, -0.1) is 0 Å². The molecule has 0 saturated carbocycles. The Balaban J connectivity index is 2.07. The summed E-state index contributed by atoms with van der Waals surface area (Å²) in [4.78, 5) is 0. The molecule has 2 N–H and O–H groups in total. The van der Waals surface area contributed by atoms with Crippen LogP contribution in [0.3, 0.4) is 0 Å². The molecule has 0 atom stereocenters. The third-order valence-corrected chi connectivity index (χ3v) is 4.00. The zero-order chi connectivity index (χ0) is 15.1. The number of sulfonamides is 1. The molecule has 0 heterocycles. The van der Waals surface area contributed by atoms with Crippen LogP contribution in [0.5, 0.6) is 11.5 Å². The number of para-hydroxylation sites is 1. The first-order valence-corrected chi connectivity index (χ1v) is 8.22. The molecule has 112 valence electrons. The Kier molecular flexibility index (Phi) is 5.19. The third kappa shape index (κ3) is 5.09. The van der Waals surface area contributed by atoms with Gasteiger partial charge < -0.3 is 10.1 Å². The predicted octanol–water partition coefficient (Wildman–Crippen LogP) is 2.44. The van der Waals surface area contributed by atoms with Gasteiger partial charge in [0.2, 0.25) is 10.0 Å². The molecule has 6 heteroatoms. The highest BCUT2D eigenvalue weighted by atomic mass is 32.2. The first-order chi connectivity index (χ1) is 10.1. The van der Waals surface area contributed by atoms with Gasteiger partial charge in [0.1, 0.15) is 11.5 Å². The minimum Gasteiger partial charge on any atom is -0.457 e. The van der Waals surface area contributed by atoms with Gasteiger partial charge in [-0.1, -0.05) is 24.3 Å². The summed E-state index contributed by atoms with van der Waals surface area (Å²) in [5.74, 6) is 1.30. The molecule has 5 nitrogen and oxygen atoms in total. The highest BCUT2D eigenvalue weighted by molar-refractivity contribution is 7.92. The summed E-state index contributed by atoms with van der Waals surface area (Å²) in [5.41, 5.74) is 0.486. The first kappa shape index (κ1) is 15.3. The number of rotatable bonds is 7. The molecule has 0 bridgehead atoms. The van der Waals surface area contributed by atoms with Crippen molar-refractivity contribution >= 4 is 15.7 Å². The molecule has 2 aromatic carbocycles. The maximum atomic E-state index is 11.8. The van der Waals surface area contributed by atoms with E-state index in [0.29, 0.717) is 23.7 Å². The molecular formula is C15H18N2O3S. The maximum absolute atomic E-state index is 11.8. The zero-order valence-electron chi connectivity index (χ0n) is 11.7. The van der Waals surface area contributed by atoms with Crippen molar-refractivity contribution in [2.75, 3.05) is 24.1 Å². The summed E-state index contributed by atoms with van der Waals surface area (Å²) in [6, 6.07) is 16.2. The fourth-order valence-electron chi connectivity index (χ4n) is 1.71. The molecule has 0 unspecified atom stereocenters. The summed E-state index contributed by atoms with van der Waals surface area (Å²) >= 11 is 0. The molecule has 0 fully saturated rings. The van der Waals surface area contributed by atoms with Gasteiger partial charge in [-0.2, -0.15) is 0 Å². The van der Waals surface area contributed by atoms with Crippen molar-refractivity contribution < 1.29 is 13.2 Å². The van der Waals surface area contributed by atoms with Crippen molar-refractivity contribution in [3.8, 4) is 11.5 Å². The number of anilines is 1. The SMILES string of the molecule is CNCCS(=O)(=O)Nc1cccc(Oc2ccccc2)c1. The van der Waals surface area contributed by atoms with Gasteiger partial charge in [-0.05, 0) is 31.3 Å². The normalized spacial score (nSPS) is 11.1. The quantitative estimate of drug-likeness (QED) is 0.824. The summed E-state index contributed by atoms with van der Waals surface area (Å²) in [6.45, 7) is 0.398. The van der Waals surface area contributed by atoms with E-state index in [4.69, 9.17) is 4.74 Å². The Hall–Kier alpha value is -2.05. The van der Waals surface area contributed by atoms with Gasteiger partial charge in [0, 0.05) is 12.6 Å². The lowest BCUT2D eigenvalue weighted by Crippen LogP contribution is -2.24. The van der Waals surface area contributed by atoms with Crippen molar-refractivity contribution in [3.05, 3.63) is 54.6 Å². The largest absolute Gasteiger partial charge is 0.457 e. The van der Waals surface area contributed by atoms with Crippen LogP contribution < -0.4 is 14.8 Å². The fraction of sp³-hybridized carbons (Fsp3) is 0.200. The van der Waals surface area contributed by atoms with E-state index in [1.165, 1.54) is 0 Å². The Labute approximate surface area is 125 Å². The van der Waals surface area contributed by atoms with Crippen molar-refractivity contribution in [2.24, 2.45) is 0 Å². The van der Waals surface area contributed by atoms with Crippen LogP contribution >= 0.6 is 0 Å². The fourth-order valence-corrected chi connectivity index (χ4v) is 2.78. The van der Waals surface area contributed by atoms with Crippen molar-refractivity contribution in [1.29, 1.82) is 0 Å². The van der Waals surface area contributed by atoms with Crippen LogP contribution in [0.4, 0.5) is 5.69 Å². The molecule has 0 amide bonds. The average molecular weight is 306 g/mol. The second kappa shape index (κ2) is 7.10. The lowest BCUT2D eigenvalue weighted by molar-refractivity contribution is 0.483. The smallest absolute Gasteiger partial charge is 0.233 e. The Morgan fingerprint density at radius 2 is 1.71 bits per heavy atom. The molecule has 0 aliphatic rings. The molecule has 2 rings (SSSR count). The van der Waals surface area contributed by atoms with Crippen LogP contribution in [0.1, 0.15) is 0 Å². The van der Waals surface area contributed by atoms with Gasteiger partial charge in [-0.25, -0.2) is 8.42 Å². The highest BCUT2D eigenvalue weighted by Gasteiger charge is 2.10. The van der Waals surface area contributed by atoms with E-state index in [1.807, 2.05) is 30.3 Å². The Morgan fingerprint density at radius 3 is 2.43 bits per heavy atom. The van der Waals surface area contributed by atoms with Crippen LogP contribution in [-0.4, -0.2) is 27.8 Å². The number of hydrogen-bond acceptors (Lipinski definition) is 4. The number of benzene rings is 2. The lowest BCUT2D eigenvalue weighted by Gasteiger charge is -2.10. The lowest BCUT2D eigenvalue weighted by atomic mass is 10.3. The van der Waals surface area contributed by atoms with Crippen LogP contribution in [0.25, 0.3) is 0 Å². The third-order valence-electron chi connectivity index (χ3n) is 2.71. The van der Waals surface area contributed by atoms with E-state index in [-0.39, 0.29) is 5.75 Å². The average Bonchev–Trinajstić information content (AvgIpc) is 2.46. The Bertz CT molecular complexity index is 672. The summed E-state index contributed by atoms with van der Waals surface area (Å²) in [5, 5.41) is 2.81. The monoisotopic (exact) mass is 306 g/mol. The van der Waals surface area contributed by atoms with Gasteiger partial charge in [-0.3, -0.25) is 4.72 Å². The molecule has 0 aliphatic heterocycles. The summed E-state index contributed by atoms with van der Waals surface area (Å²) in [7, 11) is -1.64. The van der Waals surface area contributed by atoms with Gasteiger partial charge in [0.05, 0.1) is 11.4 Å². The zero-order valence-corrected chi connectivity index (χ0v) is 12.6. The van der Waals surface area contributed by atoms with Crippen molar-refractivity contribution in [1.82, 2.24) is 5.32 Å². The van der Waals surface area contributed by atoms with E-state index in [2.05, 4.69) is 10.0 Å². The predicted molar refractivity (Wildman–Crippen MR) is 84.3 cm³/mol. The standard InChI is InChI=1S/C15H18N2O3S/c1-16-10-11-21(18,19)17-13-6-5-9-15(12-13)20-14-7-3-2-4-8-14/h2-9,12,16-17H,10-11H2,1H3. The minimum absolute atomic E-state index is 0.0211. The molecular weight excluding hydrogens is 288 g/mol. The van der Waals surface area contributed by atoms with Gasteiger partial charge in [0.15, 0.2) is 0 Å². The molecule has 21 heavy (non-hydrogen) atoms. The number of hydrogen-bond donors (Lipinski definition) is 2. The van der Waals surface area contributed by atoms with E-state index in [1.54, 1.807) is 31.3 Å². The van der Waals surface area contributed by atoms with Crippen LogP contribution in [0, 0.1) is 0 Å². The molecule has 0 spiro atoms. The number of ether oxygens (including phenoxy) is 1. The second-order valence-corrected chi connectivity index (χ2v) is 6.31. The van der Waals surface area contributed by atoms with Crippen molar-refractivity contribution in [3.63, 3.8) is 0 Å². The van der Waals surface area contributed by atoms with Crippen molar-refractivity contribution in [2.45, 2.75) is 0 Å².